The van der Waals surface area contributed by atoms with E-state index in [4.69, 9.17) is 0 Å². The molecule has 1 atom stereocenters. The number of unbranched alkanes of at least 4 members (excludes halogenated alkanes) is 2. The molecule has 0 aromatic heterocycles. The van der Waals surface area contributed by atoms with Gasteiger partial charge < -0.3 is 4.90 Å². The molecule has 15 heavy (non-hydrogen) atoms. The van der Waals surface area contributed by atoms with Crippen LogP contribution in [0.1, 0.15) is 46.0 Å². The Morgan fingerprint density at radius 2 is 2.07 bits per heavy atom. The molecule has 3 heteroatoms. The van der Waals surface area contributed by atoms with Gasteiger partial charge in [-0.2, -0.15) is 0 Å². The van der Waals surface area contributed by atoms with Gasteiger partial charge in [-0.05, 0) is 12.8 Å². The third-order valence-corrected chi connectivity index (χ3v) is 3.29. The van der Waals surface area contributed by atoms with E-state index in [1.807, 2.05) is 11.9 Å². The van der Waals surface area contributed by atoms with Crippen LogP contribution in [0.3, 0.4) is 0 Å². The van der Waals surface area contributed by atoms with E-state index in [2.05, 4.69) is 18.7 Å². The zero-order chi connectivity index (χ0) is 11.3. The first-order valence-electron chi connectivity index (χ1n) is 6.17. The molecule has 0 spiro atoms. The van der Waals surface area contributed by atoms with Crippen molar-refractivity contribution in [1.29, 1.82) is 0 Å². The normalized spacial score (nSPS) is 19.9. The molecular formula is C12H24N2O. The minimum Gasteiger partial charge on any atom is -0.332 e. The molecule has 0 bridgehead atoms. The topological polar surface area (TPSA) is 23.6 Å². The van der Waals surface area contributed by atoms with Crippen LogP contribution in [0.25, 0.3) is 0 Å². The van der Waals surface area contributed by atoms with Gasteiger partial charge in [0.15, 0.2) is 0 Å². The maximum atomic E-state index is 11.4. The number of hydrogen-bond donors (Lipinski definition) is 0. The van der Waals surface area contributed by atoms with E-state index >= 15 is 0 Å². The van der Waals surface area contributed by atoms with E-state index in [-0.39, 0.29) is 5.91 Å². The van der Waals surface area contributed by atoms with Crippen LogP contribution in [0.2, 0.25) is 0 Å². The molecule has 1 amide bonds. The van der Waals surface area contributed by atoms with Crippen LogP contribution in [0.15, 0.2) is 0 Å². The Hall–Kier alpha value is -0.570. The fraction of sp³-hybridized carbons (Fsp3) is 0.917. The number of carbonyl (C=O) groups excluding carboxylic acids is 1. The Balaban J connectivity index is 2.35. The summed E-state index contributed by atoms with van der Waals surface area (Å²) >= 11 is 0. The van der Waals surface area contributed by atoms with Gasteiger partial charge >= 0.3 is 0 Å². The van der Waals surface area contributed by atoms with Crippen molar-refractivity contribution in [2.45, 2.75) is 52.0 Å². The Kier molecular flexibility index (Phi) is 5.09. The smallest absolute Gasteiger partial charge is 0.237 e. The molecule has 0 aliphatic carbocycles. The van der Waals surface area contributed by atoms with Crippen LogP contribution in [-0.4, -0.2) is 42.0 Å². The number of nitrogens with zero attached hydrogens (tertiary/aromatic N) is 2. The van der Waals surface area contributed by atoms with E-state index < -0.39 is 0 Å². The van der Waals surface area contributed by atoms with Crippen LogP contribution in [0.5, 0.6) is 0 Å². The quantitative estimate of drug-likeness (QED) is 0.629. The van der Waals surface area contributed by atoms with Crippen molar-refractivity contribution in [3.8, 4) is 0 Å². The van der Waals surface area contributed by atoms with Gasteiger partial charge in [-0.3, -0.25) is 9.69 Å². The van der Waals surface area contributed by atoms with Gasteiger partial charge in [0.25, 0.3) is 0 Å². The summed E-state index contributed by atoms with van der Waals surface area (Å²) < 4.78 is 0. The highest BCUT2D eigenvalue weighted by Gasteiger charge is 2.28. The average Bonchev–Trinajstić information content (AvgIpc) is 2.54. The first-order chi connectivity index (χ1) is 7.19. The first-order valence-corrected chi connectivity index (χ1v) is 6.17. The summed E-state index contributed by atoms with van der Waals surface area (Å²) in [6, 6.07) is 0.602. The molecule has 1 aliphatic rings. The van der Waals surface area contributed by atoms with Crippen molar-refractivity contribution in [1.82, 2.24) is 9.80 Å². The van der Waals surface area contributed by atoms with Gasteiger partial charge in [0, 0.05) is 13.1 Å². The van der Waals surface area contributed by atoms with E-state index in [9.17, 15) is 4.79 Å². The number of carbonyl (C=O) groups is 1. The van der Waals surface area contributed by atoms with Crippen LogP contribution in [0.4, 0.5) is 0 Å². The summed E-state index contributed by atoms with van der Waals surface area (Å²) in [7, 11) is 1.89. The summed E-state index contributed by atoms with van der Waals surface area (Å²) in [6.07, 6.45) is 6.28. The predicted molar refractivity (Wildman–Crippen MR) is 62.6 cm³/mol. The number of amides is 1. The summed E-state index contributed by atoms with van der Waals surface area (Å²) in [4.78, 5) is 15.6. The Bertz CT molecular complexity index is 206. The highest BCUT2D eigenvalue weighted by Crippen LogP contribution is 2.17. The summed E-state index contributed by atoms with van der Waals surface area (Å²) in [5.41, 5.74) is 0. The molecule has 3 nitrogen and oxygen atoms in total. The number of likely N-dealkylation sites (N-methyl/N-ethyl adjacent to an activating group) is 1. The first kappa shape index (κ1) is 12.5. The zero-order valence-electron chi connectivity index (χ0n) is 10.3. The fourth-order valence-electron chi connectivity index (χ4n) is 2.22. The lowest BCUT2D eigenvalue weighted by Crippen LogP contribution is -2.34. The SMILES string of the molecule is CCCCCC(CC)N1CC(=O)N(C)C1. The van der Waals surface area contributed by atoms with Crippen molar-refractivity contribution >= 4 is 5.91 Å². The molecule has 0 aromatic carbocycles. The van der Waals surface area contributed by atoms with Gasteiger partial charge in [0.1, 0.15) is 0 Å². The monoisotopic (exact) mass is 212 g/mol. The highest BCUT2D eigenvalue weighted by molar-refractivity contribution is 5.79. The Labute approximate surface area is 93.4 Å². The van der Waals surface area contributed by atoms with E-state index in [0.29, 0.717) is 12.6 Å². The molecule has 0 radical (unpaired) electrons. The average molecular weight is 212 g/mol. The second-order valence-corrected chi connectivity index (χ2v) is 4.54. The summed E-state index contributed by atoms with van der Waals surface area (Å²) in [5.74, 6) is 0.268. The van der Waals surface area contributed by atoms with Gasteiger partial charge in [-0.25, -0.2) is 0 Å². The molecule has 1 fully saturated rings. The zero-order valence-corrected chi connectivity index (χ0v) is 10.3. The van der Waals surface area contributed by atoms with Crippen LogP contribution >= 0.6 is 0 Å². The van der Waals surface area contributed by atoms with E-state index in [1.54, 1.807) is 0 Å². The summed E-state index contributed by atoms with van der Waals surface area (Å²) in [6.45, 7) is 5.90. The van der Waals surface area contributed by atoms with Crippen molar-refractivity contribution in [3.05, 3.63) is 0 Å². The largest absolute Gasteiger partial charge is 0.332 e. The van der Waals surface area contributed by atoms with E-state index in [0.717, 1.165) is 13.1 Å². The Morgan fingerprint density at radius 1 is 1.33 bits per heavy atom. The molecule has 1 saturated heterocycles. The molecule has 88 valence electrons. The molecular weight excluding hydrogens is 188 g/mol. The van der Waals surface area contributed by atoms with Crippen molar-refractivity contribution in [3.63, 3.8) is 0 Å². The molecule has 1 unspecified atom stereocenters. The molecule has 0 saturated carbocycles. The molecule has 0 aromatic rings. The lowest BCUT2D eigenvalue weighted by Gasteiger charge is -2.25. The minimum absolute atomic E-state index is 0.268. The third-order valence-electron chi connectivity index (χ3n) is 3.29. The van der Waals surface area contributed by atoms with Crippen molar-refractivity contribution in [2.75, 3.05) is 20.3 Å². The summed E-state index contributed by atoms with van der Waals surface area (Å²) in [5, 5.41) is 0. The van der Waals surface area contributed by atoms with Crippen LogP contribution < -0.4 is 0 Å². The molecule has 0 N–H and O–H groups in total. The van der Waals surface area contributed by atoms with Gasteiger partial charge in [-0.15, -0.1) is 0 Å². The second-order valence-electron chi connectivity index (χ2n) is 4.54. The van der Waals surface area contributed by atoms with Crippen LogP contribution in [0, 0.1) is 0 Å². The van der Waals surface area contributed by atoms with Gasteiger partial charge in [-0.1, -0.05) is 33.1 Å². The van der Waals surface area contributed by atoms with Crippen molar-refractivity contribution < 1.29 is 4.79 Å². The molecule has 1 rings (SSSR count). The predicted octanol–water partition coefficient (Wildman–Crippen LogP) is 2.08. The highest BCUT2D eigenvalue weighted by atomic mass is 16.2. The number of rotatable bonds is 6. The standard InChI is InChI=1S/C12H24N2O/c1-4-6-7-8-11(5-2)14-9-12(15)13(3)10-14/h11H,4-10H2,1-3H3. The second kappa shape index (κ2) is 6.11. The minimum atomic E-state index is 0.268. The van der Waals surface area contributed by atoms with Crippen LogP contribution in [-0.2, 0) is 4.79 Å². The van der Waals surface area contributed by atoms with Gasteiger partial charge in [0.2, 0.25) is 5.91 Å². The Morgan fingerprint density at radius 3 is 2.53 bits per heavy atom. The van der Waals surface area contributed by atoms with Crippen molar-refractivity contribution in [2.24, 2.45) is 0 Å². The molecule has 1 heterocycles. The third kappa shape index (κ3) is 3.49. The lowest BCUT2D eigenvalue weighted by atomic mass is 10.1. The number of hydrogen-bond acceptors (Lipinski definition) is 2. The lowest BCUT2D eigenvalue weighted by molar-refractivity contribution is -0.125. The van der Waals surface area contributed by atoms with E-state index in [1.165, 1.54) is 25.7 Å². The van der Waals surface area contributed by atoms with Gasteiger partial charge in [0.05, 0.1) is 13.2 Å². The fourth-order valence-corrected chi connectivity index (χ4v) is 2.22. The maximum absolute atomic E-state index is 11.4. The maximum Gasteiger partial charge on any atom is 0.237 e. The molecule has 1 aliphatic heterocycles.